The fraction of sp³-hybridized carbons (Fsp3) is 0.636. The topological polar surface area (TPSA) is 43.6 Å². The monoisotopic (exact) mass is 384 g/mol. The predicted molar refractivity (Wildman–Crippen MR) is 107 cm³/mol. The Morgan fingerprint density at radius 2 is 1.85 bits per heavy atom. The van der Waals surface area contributed by atoms with Gasteiger partial charge in [-0.05, 0) is 74.8 Å². The van der Waals surface area contributed by atoms with Crippen molar-refractivity contribution in [2.75, 3.05) is 13.7 Å². The first-order chi connectivity index (χ1) is 13.2. The van der Waals surface area contributed by atoms with Gasteiger partial charge in [-0.15, -0.1) is 0 Å². The molecule has 4 fully saturated rings. The van der Waals surface area contributed by atoms with Crippen LogP contribution in [-0.4, -0.2) is 24.2 Å². The first-order valence-corrected chi connectivity index (χ1v) is 11.1. The van der Waals surface area contributed by atoms with Crippen LogP contribution >= 0.6 is 11.3 Å². The molecule has 4 aliphatic rings. The molecule has 0 radical (unpaired) electrons. The maximum Gasteiger partial charge on any atom is 0.254 e. The van der Waals surface area contributed by atoms with Crippen molar-refractivity contribution in [1.82, 2.24) is 4.57 Å². The highest BCUT2D eigenvalue weighted by molar-refractivity contribution is 7.16. The third-order valence-electron chi connectivity index (χ3n) is 7.01. The third-order valence-corrected chi connectivity index (χ3v) is 8.07. The Morgan fingerprint density at radius 3 is 2.52 bits per heavy atom. The molecule has 0 unspecified atom stereocenters. The van der Waals surface area contributed by atoms with Gasteiger partial charge < -0.3 is 9.30 Å². The van der Waals surface area contributed by atoms with Gasteiger partial charge in [0.1, 0.15) is 0 Å². The fourth-order valence-corrected chi connectivity index (χ4v) is 7.32. The number of fused-ring (bicyclic) bond motifs is 1. The molecular weight excluding hydrogens is 356 g/mol. The summed E-state index contributed by atoms with van der Waals surface area (Å²) in [4.78, 5) is 19.1. The van der Waals surface area contributed by atoms with Crippen LogP contribution in [0.5, 0.6) is 0 Å². The van der Waals surface area contributed by atoms with E-state index < -0.39 is 0 Å². The zero-order valence-electron chi connectivity index (χ0n) is 16.0. The molecule has 0 N–H and O–H groups in total. The van der Waals surface area contributed by atoms with Crippen LogP contribution in [0.15, 0.2) is 29.3 Å². The molecule has 4 saturated carbocycles. The van der Waals surface area contributed by atoms with Crippen molar-refractivity contribution in [2.45, 2.75) is 51.5 Å². The second-order valence-corrected chi connectivity index (χ2v) is 9.97. The number of thiazole rings is 1. The van der Waals surface area contributed by atoms with Crippen LogP contribution in [0.2, 0.25) is 0 Å². The smallest absolute Gasteiger partial charge is 0.254 e. The van der Waals surface area contributed by atoms with Crippen LogP contribution in [0.3, 0.4) is 0 Å². The number of amides is 1. The molecule has 0 spiro atoms. The minimum atomic E-state index is -0.157. The Bertz CT molecular complexity index is 890. The fourth-order valence-electron chi connectivity index (χ4n) is 6.27. The molecule has 1 amide bonds. The van der Waals surface area contributed by atoms with Gasteiger partial charge in [-0.1, -0.05) is 23.5 Å². The Kier molecular flexibility index (Phi) is 4.47. The van der Waals surface area contributed by atoms with E-state index in [2.05, 4.69) is 28.8 Å². The number of ether oxygens (including phenoxy) is 1. The van der Waals surface area contributed by atoms with Gasteiger partial charge in [-0.3, -0.25) is 4.79 Å². The number of hydrogen-bond donors (Lipinski definition) is 0. The van der Waals surface area contributed by atoms with E-state index in [4.69, 9.17) is 9.73 Å². The minimum absolute atomic E-state index is 0.157. The Balaban J connectivity index is 1.52. The summed E-state index contributed by atoms with van der Waals surface area (Å²) >= 11 is 1.65. The first kappa shape index (κ1) is 17.6. The number of benzene rings is 1. The Morgan fingerprint density at radius 1 is 1.19 bits per heavy atom. The predicted octanol–water partition coefficient (Wildman–Crippen LogP) is 4.38. The lowest BCUT2D eigenvalue weighted by atomic mass is 9.49. The molecule has 2 aromatic rings. The number of rotatable bonds is 5. The lowest BCUT2D eigenvalue weighted by Crippen LogP contribution is -2.49. The second kappa shape index (κ2) is 6.85. The molecule has 1 aromatic heterocycles. The summed E-state index contributed by atoms with van der Waals surface area (Å²) < 4.78 is 8.65. The number of nitrogens with zero attached hydrogens (tertiary/aromatic N) is 2. The largest absolute Gasteiger partial charge is 0.385 e. The van der Waals surface area contributed by atoms with Crippen LogP contribution in [0.4, 0.5) is 0 Å². The molecule has 4 nitrogen and oxygen atoms in total. The highest BCUT2D eigenvalue weighted by atomic mass is 32.1. The van der Waals surface area contributed by atoms with Crippen LogP contribution < -0.4 is 4.80 Å². The molecule has 0 aliphatic heterocycles. The molecule has 144 valence electrons. The van der Waals surface area contributed by atoms with Gasteiger partial charge in [-0.2, -0.15) is 4.99 Å². The SMILES string of the molecule is COCCCn1c(=NC(=O)C23CC4CC(CC(C4)C2)C3)sc2ccccc21. The number of para-hydroxylation sites is 1. The number of aromatic nitrogens is 1. The van der Waals surface area contributed by atoms with Crippen molar-refractivity contribution in [3.05, 3.63) is 29.1 Å². The Hall–Kier alpha value is -1.46. The Labute approximate surface area is 164 Å². The van der Waals surface area contributed by atoms with Crippen molar-refractivity contribution >= 4 is 27.5 Å². The summed E-state index contributed by atoms with van der Waals surface area (Å²) in [6, 6.07) is 8.38. The lowest BCUT2D eigenvalue weighted by Gasteiger charge is -2.55. The molecule has 4 bridgehead atoms. The van der Waals surface area contributed by atoms with Crippen LogP contribution in [0.25, 0.3) is 10.2 Å². The second-order valence-electron chi connectivity index (χ2n) is 8.97. The maximum atomic E-state index is 13.4. The van der Waals surface area contributed by atoms with Crippen LogP contribution in [-0.2, 0) is 16.1 Å². The molecule has 6 rings (SSSR count). The van der Waals surface area contributed by atoms with E-state index in [-0.39, 0.29) is 11.3 Å². The van der Waals surface area contributed by atoms with E-state index >= 15 is 0 Å². The van der Waals surface area contributed by atoms with Crippen molar-refractivity contribution in [3.8, 4) is 0 Å². The average Bonchev–Trinajstić information content (AvgIpc) is 2.98. The summed E-state index contributed by atoms with van der Waals surface area (Å²) in [5.41, 5.74) is 1.02. The number of carbonyl (C=O) groups excluding carboxylic acids is 1. The van der Waals surface area contributed by atoms with E-state index in [1.54, 1.807) is 18.4 Å². The normalized spacial score (nSPS) is 32.5. The van der Waals surface area contributed by atoms with Gasteiger partial charge in [0, 0.05) is 20.3 Å². The number of methoxy groups -OCH3 is 1. The van der Waals surface area contributed by atoms with Gasteiger partial charge in [0.05, 0.1) is 15.6 Å². The molecule has 1 heterocycles. The molecule has 1 aromatic carbocycles. The summed E-state index contributed by atoms with van der Waals surface area (Å²) in [6.45, 7) is 1.56. The number of aryl methyl sites for hydroxylation is 1. The van der Waals surface area contributed by atoms with Gasteiger partial charge in [0.25, 0.3) is 5.91 Å². The standard InChI is InChI=1S/C22H28N2O2S/c1-26-8-4-7-24-18-5-2-3-6-19(18)27-21(24)23-20(25)22-12-15-9-16(13-22)11-17(10-15)14-22/h2-3,5-6,15-17H,4,7-14H2,1H3. The van der Waals surface area contributed by atoms with Crippen molar-refractivity contribution in [1.29, 1.82) is 0 Å². The zero-order chi connectivity index (χ0) is 18.4. The van der Waals surface area contributed by atoms with E-state index in [0.717, 1.165) is 61.4 Å². The van der Waals surface area contributed by atoms with Crippen molar-refractivity contribution in [3.63, 3.8) is 0 Å². The molecule has 5 heteroatoms. The van der Waals surface area contributed by atoms with Crippen LogP contribution in [0, 0.1) is 23.2 Å². The van der Waals surface area contributed by atoms with Gasteiger partial charge in [0.15, 0.2) is 4.80 Å². The highest BCUT2D eigenvalue weighted by Crippen LogP contribution is 2.60. The molecule has 0 saturated heterocycles. The number of carbonyl (C=O) groups is 1. The summed E-state index contributed by atoms with van der Waals surface area (Å²) in [7, 11) is 1.73. The lowest BCUT2D eigenvalue weighted by molar-refractivity contribution is -0.142. The minimum Gasteiger partial charge on any atom is -0.385 e. The van der Waals surface area contributed by atoms with Crippen molar-refractivity contribution < 1.29 is 9.53 Å². The molecular formula is C22H28N2O2S. The highest BCUT2D eigenvalue weighted by Gasteiger charge is 2.54. The molecule has 27 heavy (non-hydrogen) atoms. The summed E-state index contributed by atoms with van der Waals surface area (Å²) in [5.74, 6) is 2.47. The van der Waals surface area contributed by atoms with Gasteiger partial charge in [0.2, 0.25) is 0 Å². The van der Waals surface area contributed by atoms with Crippen LogP contribution in [0.1, 0.15) is 44.9 Å². The van der Waals surface area contributed by atoms with Gasteiger partial charge in [-0.25, -0.2) is 0 Å². The van der Waals surface area contributed by atoms with E-state index in [1.165, 1.54) is 29.5 Å². The number of hydrogen-bond acceptors (Lipinski definition) is 3. The average molecular weight is 385 g/mol. The molecule has 0 atom stereocenters. The van der Waals surface area contributed by atoms with E-state index in [0.29, 0.717) is 0 Å². The summed E-state index contributed by atoms with van der Waals surface area (Å²) in [5, 5.41) is 0. The van der Waals surface area contributed by atoms with Gasteiger partial charge >= 0.3 is 0 Å². The van der Waals surface area contributed by atoms with E-state index in [9.17, 15) is 4.79 Å². The maximum absolute atomic E-state index is 13.4. The quantitative estimate of drug-likeness (QED) is 0.718. The zero-order valence-corrected chi connectivity index (χ0v) is 16.8. The third kappa shape index (κ3) is 3.09. The molecule has 4 aliphatic carbocycles. The van der Waals surface area contributed by atoms with Crippen molar-refractivity contribution in [2.24, 2.45) is 28.2 Å². The first-order valence-electron chi connectivity index (χ1n) is 10.3. The summed E-state index contributed by atoms with van der Waals surface area (Å²) in [6.07, 6.45) is 8.23. The van der Waals surface area contributed by atoms with E-state index in [1.807, 2.05) is 0 Å².